The van der Waals surface area contributed by atoms with E-state index in [2.05, 4.69) is 14.9 Å². The predicted octanol–water partition coefficient (Wildman–Crippen LogP) is 2.37. The van der Waals surface area contributed by atoms with Crippen molar-refractivity contribution in [2.45, 2.75) is 0 Å². The van der Waals surface area contributed by atoms with Crippen LogP contribution in [0.25, 0.3) is 11.3 Å². The number of ether oxygens (including phenoxy) is 2. The van der Waals surface area contributed by atoms with E-state index in [0.717, 1.165) is 12.1 Å². The molecule has 1 aromatic heterocycles. The minimum absolute atomic E-state index is 0.301. The van der Waals surface area contributed by atoms with Gasteiger partial charge in [0.2, 0.25) is 0 Å². The van der Waals surface area contributed by atoms with E-state index in [1.54, 1.807) is 0 Å². The molecule has 1 aromatic carbocycles. The number of aromatic amines is 1. The molecule has 90 valence electrons. The van der Waals surface area contributed by atoms with Gasteiger partial charge >= 0.3 is 0 Å². The maximum atomic E-state index is 13.5. The average Bonchev–Trinajstić information content (AvgIpc) is 2.76. The Kier molecular flexibility index (Phi) is 2.95. The zero-order valence-electron chi connectivity index (χ0n) is 9.25. The van der Waals surface area contributed by atoms with Crippen LogP contribution >= 0.6 is 0 Å². The smallest absolute Gasteiger partial charge is 0.190 e. The minimum Gasteiger partial charge on any atom is -0.493 e. The molecule has 0 bridgehead atoms. The summed E-state index contributed by atoms with van der Waals surface area (Å²) in [4.78, 5) is 0. The number of rotatable bonds is 3. The lowest BCUT2D eigenvalue weighted by molar-refractivity contribution is 0.360. The SMILES string of the molecule is COc1cn[nH]c1-c1cc(F)c(OC)c(F)c1. The van der Waals surface area contributed by atoms with Gasteiger partial charge in [0.25, 0.3) is 0 Å². The van der Waals surface area contributed by atoms with Crippen LogP contribution in [-0.4, -0.2) is 24.4 Å². The van der Waals surface area contributed by atoms with Crippen molar-refractivity contribution >= 4 is 0 Å². The number of hydrogen-bond donors (Lipinski definition) is 1. The van der Waals surface area contributed by atoms with E-state index in [1.807, 2.05) is 0 Å². The first kappa shape index (κ1) is 11.4. The van der Waals surface area contributed by atoms with E-state index >= 15 is 0 Å². The minimum atomic E-state index is -0.779. The zero-order chi connectivity index (χ0) is 12.4. The first-order valence-electron chi connectivity index (χ1n) is 4.78. The number of nitrogens with zero attached hydrogens (tertiary/aromatic N) is 1. The van der Waals surface area contributed by atoms with Gasteiger partial charge in [0, 0.05) is 5.56 Å². The van der Waals surface area contributed by atoms with Crippen molar-refractivity contribution < 1.29 is 18.3 Å². The van der Waals surface area contributed by atoms with Crippen LogP contribution in [0.2, 0.25) is 0 Å². The van der Waals surface area contributed by atoms with Gasteiger partial charge in [0.05, 0.1) is 20.4 Å². The van der Waals surface area contributed by atoms with Gasteiger partial charge in [0.1, 0.15) is 5.69 Å². The first-order chi connectivity index (χ1) is 8.17. The number of methoxy groups -OCH3 is 2. The third-order valence-electron chi connectivity index (χ3n) is 2.32. The third-order valence-corrected chi connectivity index (χ3v) is 2.32. The van der Waals surface area contributed by atoms with Gasteiger partial charge in [-0.25, -0.2) is 8.78 Å². The van der Waals surface area contributed by atoms with Crippen molar-refractivity contribution in [2.24, 2.45) is 0 Å². The molecule has 0 saturated heterocycles. The summed E-state index contributed by atoms with van der Waals surface area (Å²) in [7, 11) is 2.66. The molecule has 0 amide bonds. The van der Waals surface area contributed by atoms with Gasteiger partial charge in [0.15, 0.2) is 23.1 Å². The summed E-state index contributed by atoms with van der Waals surface area (Å²) in [6.07, 6.45) is 1.43. The number of nitrogens with one attached hydrogen (secondary N) is 1. The Morgan fingerprint density at radius 2 is 1.76 bits per heavy atom. The molecule has 0 aliphatic carbocycles. The Morgan fingerprint density at radius 1 is 1.12 bits per heavy atom. The van der Waals surface area contributed by atoms with E-state index in [4.69, 9.17) is 4.74 Å². The highest BCUT2D eigenvalue weighted by atomic mass is 19.1. The van der Waals surface area contributed by atoms with Crippen molar-refractivity contribution in [3.8, 4) is 22.8 Å². The Balaban J connectivity index is 2.54. The van der Waals surface area contributed by atoms with Crippen molar-refractivity contribution in [3.63, 3.8) is 0 Å². The maximum Gasteiger partial charge on any atom is 0.190 e. The number of hydrogen-bond acceptors (Lipinski definition) is 3. The van der Waals surface area contributed by atoms with E-state index < -0.39 is 17.4 Å². The fourth-order valence-electron chi connectivity index (χ4n) is 1.54. The lowest BCUT2D eigenvalue weighted by Gasteiger charge is -2.06. The second-order valence-electron chi connectivity index (χ2n) is 3.29. The molecule has 1 heterocycles. The van der Waals surface area contributed by atoms with Crippen LogP contribution < -0.4 is 9.47 Å². The Morgan fingerprint density at radius 3 is 2.29 bits per heavy atom. The zero-order valence-corrected chi connectivity index (χ0v) is 9.25. The lowest BCUT2D eigenvalue weighted by atomic mass is 10.1. The van der Waals surface area contributed by atoms with E-state index in [1.165, 1.54) is 20.4 Å². The Hall–Kier alpha value is -2.11. The molecule has 0 aliphatic rings. The summed E-state index contributed by atoms with van der Waals surface area (Å²) in [6.45, 7) is 0. The summed E-state index contributed by atoms with van der Waals surface area (Å²) in [5.74, 6) is -1.56. The van der Waals surface area contributed by atoms with Crippen LogP contribution in [0.4, 0.5) is 8.78 Å². The highest BCUT2D eigenvalue weighted by molar-refractivity contribution is 5.66. The monoisotopic (exact) mass is 240 g/mol. The molecule has 0 unspecified atom stereocenters. The van der Waals surface area contributed by atoms with E-state index in [0.29, 0.717) is 17.0 Å². The molecule has 1 N–H and O–H groups in total. The predicted molar refractivity (Wildman–Crippen MR) is 57.0 cm³/mol. The van der Waals surface area contributed by atoms with Gasteiger partial charge in [-0.3, -0.25) is 5.10 Å². The van der Waals surface area contributed by atoms with Crippen LogP contribution in [-0.2, 0) is 0 Å². The molecular formula is C11H10F2N2O2. The van der Waals surface area contributed by atoms with Crippen LogP contribution in [0.5, 0.6) is 11.5 Å². The molecule has 4 nitrogen and oxygen atoms in total. The highest BCUT2D eigenvalue weighted by Crippen LogP contribution is 2.32. The number of halogens is 2. The summed E-state index contributed by atoms with van der Waals surface area (Å²) < 4.78 is 36.6. The average molecular weight is 240 g/mol. The van der Waals surface area contributed by atoms with Crippen LogP contribution in [0, 0.1) is 11.6 Å². The number of H-pyrrole nitrogens is 1. The Bertz CT molecular complexity index is 517. The first-order valence-corrected chi connectivity index (χ1v) is 4.78. The van der Waals surface area contributed by atoms with E-state index in [9.17, 15) is 8.78 Å². The molecule has 0 aliphatic heterocycles. The van der Waals surface area contributed by atoms with Crippen molar-refractivity contribution in [1.82, 2.24) is 10.2 Å². The summed E-state index contributed by atoms with van der Waals surface area (Å²) in [5, 5.41) is 6.36. The maximum absolute atomic E-state index is 13.5. The molecule has 17 heavy (non-hydrogen) atoms. The summed E-state index contributed by atoms with van der Waals surface area (Å²) >= 11 is 0. The molecule has 6 heteroatoms. The number of benzene rings is 1. The fourth-order valence-corrected chi connectivity index (χ4v) is 1.54. The van der Waals surface area contributed by atoms with Crippen molar-refractivity contribution in [1.29, 1.82) is 0 Å². The molecule has 0 radical (unpaired) electrons. The van der Waals surface area contributed by atoms with Gasteiger partial charge in [-0.1, -0.05) is 0 Å². The van der Waals surface area contributed by atoms with Gasteiger partial charge in [-0.2, -0.15) is 5.10 Å². The molecule has 0 atom stereocenters. The van der Waals surface area contributed by atoms with E-state index in [-0.39, 0.29) is 0 Å². The number of aromatic nitrogens is 2. The highest BCUT2D eigenvalue weighted by Gasteiger charge is 2.15. The van der Waals surface area contributed by atoms with Crippen LogP contribution in [0.15, 0.2) is 18.3 Å². The topological polar surface area (TPSA) is 47.1 Å². The largest absolute Gasteiger partial charge is 0.493 e. The standard InChI is InChI=1S/C11H10F2N2O2/c1-16-9-5-14-15-10(9)6-3-7(12)11(17-2)8(13)4-6/h3-5H,1-2H3,(H,14,15). The molecule has 2 rings (SSSR count). The summed E-state index contributed by atoms with van der Waals surface area (Å²) in [5.41, 5.74) is 0.711. The molecule has 0 fully saturated rings. The lowest BCUT2D eigenvalue weighted by Crippen LogP contribution is -1.94. The van der Waals surface area contributed by atoms with Gasteiger partial charge in [-0.05, 0) is 12.1 Å². The van der Waals surface area contributed by atoms with Gasteiger partial charge < -0.3 is 9.47 Å². The second kappa shape index (κ2) is 4.40. The van der Waals surface area contributed by atoms with Crippen molar-refractivity contribution in [2.75, 3.05) is 14.2 Å². The Labute approximate surface area is 96.2 Å². The fraction of sp³-hybridized carbons (Fsp3) is 0.182. The normalized spacial score (nSPS) is 10.4. The van der Waals surface area contributed by atoms with Crippen molar-refractivity contribution in [3.05, 3.63) is 30.0 Å². The van der Waals surface area contributed by atoms with Crippen LogP contribution in [0.1, 0.15) is 0 Å². The second-order valence-corrected chi connectivity index (χ2v) is 3.29. The van der Waals surface area contributed by atoms with Gasteiger partial charge in [-0.15, -0.1) is 0 Å². The summed E-state index contributed by atoms with van der Waals surface area (Å²) in [6, 6.07) is 2.30. The molecule has 2 aromatic rings. The quantitative estimate of drug-likeness (QED) is 0.895. The molecule has 0 spiro atoms. The van der Waals surface area contributed by atoms with Crippen LogP contribution in [0.3, 0.4) is 0 Å². The molecular weight excluding hydrogens is 230 g/mol. The molecule has 0 saturated carbocycles. The third kappa shape index (κ3) is 1.93.